The zero-order chi connectivity index (χ0) is 13.5. The van der Waals surface area contributed by atoms with Gasteiger partial charge in [0.1, 0.15) is 6.04 Å². The van der Waals surface area contributed by atoms with Crippen LogP contribution in [0.5, 0.6) is 0 Å². The number of amides is 1. The summed E-state index contributed by atoms with van der Waals surface area (Å²) in [4.78, 5) is 23.0. The molecule has 0 aromatic rings. The summed E-state index contributed by atoms with van der Waals surface area (Å²) in [5.74, 6) is -0.958. The molecule has 0 spiro atoms. The van der Waals surface area contributed by atoms with Crippen LogP contribution in [0.1, 0.15) is 45.4 Å². The van der Waals surface area contributed by atoms with Crippen molar-refractivity contribution < 1.29 is 14.7 Å². The second kappa shape index (κ2) is 7.36. The van der Waals surface area contributed by atoms with Crippen molar-refractivity contribution in [3.63, 3.8) is 0 Å². The zero-order valence-corrected chi connectivity index (χ0v) is 11.0. The van der Waals surface area contributed by atoms with Crippen LogP contribution in [0.25, 0.3) is 0 Å². The van der Waals surface area contributed by atoms with Crippen LogP contribution < -0.4 is 11.1 Å². The van der Waals surface area contributed by atoms with E-state index in [0.717, 1.165) is 25.7 Å². The Morgan fingerprint density at radius 2 is 1.94 bits per heavy atom. The standard InChI is InChI=1S/C13H24N2O3/c1-9(8-14)7-11(16)15-12(13(17)18)10-5-3-2-4-6-10/h9-10,12H,2-8,14H2,1H3,(H,15,16)(H,17,18). The maximum Gasteiger partial charge on any atom is 0.326 e. The van der Waals surface area contributed by atoms with Crippen LogP contribution in [0.3, 0.4) is 0 Å². The lowest BCUT2D eigenvalue weighted by atomic mass is 9.84. The molecule has 104 valence electrons. The Morgan fingerprint density at radius 1 is 1.33 bits per heavy atom. The van der Waals surface area contributed by atoms with Gasteiger partial charge < -0.3 is 16.2 Å². The lowest BCUT2D eigenvalue weighted by molar-refractivity contribution is -0.144. The van der Waals surface area contributed by atoms with Gasteiger partial charge in [-0.3, -0.25) is 4.79 Å². The number of hydrogen-bond acceptors (Lipinski definition) is 3. The molecule has 2 atom stereocenters. The van der Waals surface area contributed by atoms with E-state index in [1.54, 1.807) is 0 Å². The van der Waals surface area contributed by atoms with Crippen molar-refractivity contribution >= 4 is 11.9 Å². The number of hydrogen-bond donors (Lipinski definition) is 3. The first-order valence-corrected chi connectivity index (χ1v) is 6.76. The summed E-state index contributed by atoms with van der Waals surface area (Å²) in [5.41, 5.74) is 5.46. The van der Waals surface area contributed by atoms with E-state index >= 15 is 0 Å². The molecule has 4 N–H and O–H groups in total. The Bertz CT molecular complexity index is 288. The van der Waals surface area contributed by atoms with E-state index < -0.39 is 12.0 Å². The molecular weight excluding hydrogens is 232 g/mol. The fraction of sp³-hybridized carbons (Fsp3) is 0.846. The molecular formula is C13H24N2O3. The number of aliphatic carboxylic acids is 1. The van der Waals surface area contributed by atoms with Crippen molar-refractivity contribution in [1.29, 1.82) is 0 Å². The molecule has 0 aromatic heterocycles. The predicted molar refractivity (Wildman–Crippen MR) is 69.0 cm³/mol. The number of carbonyl (C=O) groups excluding carboxylic acids is 1. The largest absolute Gasteiger partial charge is 0.480 e. The summed E-state index contributed by atoms with van der Waals surface area (Å²) in [7, 11) is 0. The average molecular weight is 256 g/mol. The summed E-state index contributed by atoms with van der Waals surface area (Å²) in [6.45, 7) is 2.32. The minimum atomic E-state index is -0.921. The van der Waals surface area contributed by atoms with Crippen LogP contribution >= 0.6 is 0 Å². The zero-order valence-electron chi connectivity index (χ0n) is 11.0. The molecule has 0 radical (unpaired) electrons. The van der Waals surface area contributed by atoms with Crippen molar-refractivity contribution in [1.82, 2.24) is 5.32 Å². The molecule has 0 bridgehead atoms. The van der Waals surface area contributed by atoms with Gasteiger partial charge in [0, 0.05) is 6.42 Å². The van der Waals surface area contributed by atoms with Gasteiger partial charge in [-0.05, 0) is 31.2 Å². The van der Waals surface area contributed by atoms with Gasteiger partial charge in [-0.2, -0.15) is 0 Å². The minimum absolute atomic E-state index is 0.0772. The molecule has 5 heteroatoms. The first-order chi connectivity index (χ1) is 8.54. The predicted octanol–water partition coefficient (Wildman–Crippen LogP) is 1.12. The van der Waals surface area contributed by atoms with E-state index in [-0.39, 0.29) is 17.7 Å². The molecule has 18 heavy (non-hydrogen) atoms. The van der Waals surface area contributed by atoms with Crippen molar-refractivity contribution in [2.45, 2.75) is 51.5 Å². The molecule has 0 aromatic carbocycles. The number of carboxylic acid groups (broad SMARTS) is 1. The van der Waals surface area contributed by atoms with E-state index in [1.807, 2.05) is 6.92 Å². The number of nitrogens with two attached hydrogens (primary N) is 1. The Hall–Kier alpha value is -1.10. The molecule has 2 unspecified atom stereocenters. The molecule has 0 heterocycles. The Balaban J connectivity index is 2.51. The SMILES string of the molecule is CC(CN)CC(=O)NC(C(=O)O)C1CCCCC1. The van der Waals surface area contributed by atoms with E-state index in [9.17, 15) is 14.7 Å². The second-order valence-electron chi connectivity index (χ2n) is 5.33. The summed E-state index contributed by atoms with van der Waals surface area (Å²) in [5, 5.41) is 11.9. The van der Waals surface area contributed by atoms with Gasteiger partial charge in [0.2, 0.25) is 5.91 Å². The van der Waals surface area contributed by atoms with E-state index in [0.29, 0.717) is 13.0 Å². The van der Waals surface area contributed by atoms with E-state index in [1.165, 1.54) is 6.42 Å². The molecule has 5 nitrogen and oxygen atoms in total. The molecule has 0 saturated heterocycles. The van der Waals surface area contributed by atoms with Gasteiger partial charge in [-0.15, -0.1) is 0 Å². The Morgan fingerprint density at radius 3 is 2.44 bits per heavy atom. The van der Waals surface area contributed by atoms with Crippen LogP contribution in [-0.4, -0.2) is 29.6 Å². The average Bonchev–Trinajstić information content (AvgIpc) is 2.36. The molecule has 1 amide bonds. The Labute approximate surface area is 108 Å². The fourth-order valence-corrected chi connectivity index (χ4v) is 2.48. The molecule has 1 rings (SSSR count). The van der Waals surface area contributed by atoms with Gasteiger partial charge in [0.05, 0.1) is 0 Å². The van der Waals surface area contributed by atoms with Crippen LogP contribution in [0.4, 0.5) is 0 Å². The topological polar surface area (TPSA) is 92.4 Å². The summed E-state index contributed by atoms with van der Waals surface area (Å²) < 4.78 is 0. The van der Waals surface area contributed by atoms with Crippen LogP contribution in [-0.2, 0) is 9.59 Å². The maximum absolute atomic E-state index is 11.7. The highest BCUT2D eigenvalue weighted by molar-refractivity contribution is 5.83. The molecule has 1 aliphatic rings. The molecule has 1 aliphatic carbocycles. The summed E-state index contributed by atoms with van der Waals surface area (Å²) >= 11 is 0. The summed E-state index contributed by atoms with van der Waals surface area (Å²) in [6.07, 6.45) is 5.37. The van der Waals surface area contributed by atoms with Gasteiger partial charge in [0.25, 0.3) is 0 Å². The van der Waals surface area contributed by atoms with E-state index in [4.69, 9.17) is 5.73 Å². The van der Waals surface area contributed by atoms with Crippen molar-refractivity contribution in [2.75, 3.05) is 6.54 Å². The van der Waals surface area contributed by atoms with E-state index in [2.05, 4.69) is 5.32 Å². The van der Waals surface area contributed by atoms with Crippen LogP contribution in [0, 0.1) is 11.8 Å². The highest BCUT2D eigenvalue weighted by Gasteiger charge is 2.30. The van der Waals surface area contributed by atoms with Gasteiger partial charge >= 0.3 is 5.97 Å². The van der Waals surface area contributed by atoms with Gasteiger partial charge in [-0.1, -0.05) is 26.2 Å². The second-order valence-corrected chi connectivity index (χ2v) is 5.33. The normalized spacial score (nSPS) is 20.1. The van der Waals surface area contributed by atoms with Crippen molar-refractivity contribution in [3.05, 3.63) is 0 Å². The lowest BCUT2D eigenvalue weighted by Gasteiger charge is -2.28. The highest BCUT2D eigenvalue weighted by Crippen LogP contribution is 2.26. The minimum Gasteiger partial charge on any atom is -0.480 e. The third kappa shape index (κ3) is 4.64. The Kier molecular flexibility index (Phi) is 6.12. The number of nitrogens with one attached hydrogen (secondary N) is 1. The number of carboxylic acids is 1. The smallest absolute Gasteiger partial charge is 0.326 e. The van der Waals surface area contributed by atoms with Crippen LogP contribution in [0.2, 0.25) is 0 Å². The first-order valence-electron chi connectivity index (χ1n) is 6.76. The number of carbonyl (C=O) groups is 2. The number of rotatable bonds is 6. The third-order valence-corrected chi connectivity index (χ3v) is 3.64. The van der Waals surface area contributed by atoms with Crippen molar-refractivity contribution in [3.8, 4) is 0 Å². The monoisotopic (exact) mass is 256 g/mol. The van der Waals surface area contributed by atoms with Crippen LogP contribution in [0.15, 0.2) is 0 Å². The van der Waals surface area contributed by atoms with Crippen molar-refractivity contribution in [2.24, 2.45) is 17.6 Å². The molecule has 1 fully saturated rings. The molecule has 0 aliphatic heterocycles. The third-order valence-electron chi connectivity index (χ3n) is 3.64. The van der Waals surface area contributed by atoms with Gasteiger partial charge in [0.15, 0.2) is 0 Å². The highest BCUT2D eigenvalue weighted by atomic mass is 16.4. The van der Waals surface area contributed by atoms with Gasteiger partial charge in [-0.25, -0.2) is 4.79 Å². The fourth-order valence-electron chi connectivity index (χ4n) is 2.48. The quantitative estimate of drug-likeness (QED) is 0.664. The first kappa shape index (κ1) is 15.0. The maximum atomic E-state index is 11.7. The molecule has 1 saturated carbocycles. The summed E-state index contributed by atoms with van der Waals surface area (Å²) in [6, 6.07) is -0.734. The lowest BCUT2D eigenvalue weighted by Crippen LogP contribution is -2.47.